The molecule has 0 amide bonds. The fourth-order valence-electron chi connectivity index (χ4n) is 5.77. The van der Waals surface area contributed by atoms with Crippen LogP contribution in [0.5, 0.6) is 0 Å². The van der Waals surface area contributed by atoms with E-state index in [1.165, 1.54) is 32.2 Å². The molecule has 0 aliphatic carbocycles. The van der Waals surface area contributed by atoms with Gasteiger partial charge in [-0.3, -0.25) is 20.0 Å². The number of likely N-dealkylation sites (tertiary alicyclic amines) is 1. The first-order valence-corrected chi connectivity index (χ1v) is 11.4. The number of hydroxylamine groups is 1. The molecule has 0 saturated carbocycles. The van der Waals surface area contributed by atoms with E-state index in [0.29, 0.717) is 24.2 Å². The lowest BCUT2D eigenvalue weighted by Crippen LogP contribution is -2.57. The lowest BCUT2D eigenvalue weighted by atomic mass is 9.94. The lowest BCUT2D eigenvalue weighted by Gasteiger charge is -2.40. The molecule has 0 bridgehead atoms. The topological polar surface area (TPSA) is 70.3 Å². The Kier molecular flexibility index (Phi) is 6.47. The minimum absolute atomic E-state index is 0.104. The van der Waals surface area contributed by atoms with Gasteiger partial charge in [-0.2, -0.15) is 5.48 Å². The van der Waals surface area contributed by atoms with Crippen molar-refractivity contribution in [2.24, 2.45) is 5.92 Å². The second-order valence-electron chi connectivity index (χ2n) is 9.00. The highest BCUT2D eigenvalue weighted by molar-refractivity contribution is 4.94. The van der Waals surface area contributed by atoms with E-state index < -0.39 is 0 Å². The van der Waals surface area contributed by atoms with E-state index >= 15 is 0 Å². The third-order valence-electron chi connectivity index (χ3n) is 7.40. The van der Waals surface area contributed by atoms with Gasteiger partial charge in [0.1, 0.15) is 6.23 Å². The van der Waals surface area contributed by atoms with Gasteiger partial charge >= 0.3 is 0 Å². The zero-order chi connectivity index (χ0) is 18.8. The number of morpholine rings is 1. The van der Waals surface area contributed by atoms with Crippen molar-refractivity contribution in [3.8, 4) is 0 Å². The Bertz CT molecular complexity index is 492. The molecule has 0 spiro atoms. The largest absolute Gasteiger partial charge is 0.381 e. The lowest BCUT2D eigenvalue weighted by molar-refractivity contribution is -0.0465. The molecule has 0 radical (unpaired) electrons. The summed E-state index contributed by atoms with van der Waals surface area (Å²) in [6.45, 7) is 7.90. The van der Waals surface area contributed by atoms with Crippen LogP contribution in [-0.2, 0) is 14.3 Å². The predicted molar refractivity (Wildman–Crippen MR) is 105 cm³/mol. The first-order valence-electron chi connectivity index (χ1n) is 11.4. The van der Waals surface area contributed by atoms with Crippen LogP contribution in [0.4, 0.5) is 0 Å². The van der Waals surface area contributed by atoms with Crippen molar-refractivity contribution >= 4 is 0 Å². The number of rotatable bonds is 4. The highest BCUT2D eigenvalue weighted by Crippen LogP contribution is 2.30. The SMILES string of the molecule is C1C[C@H](C2NC(C3CCC(N4CCOCC4)NC3)NO2)N(C2CCOCC2)C1. The molecule has 8 nitrogen and oxygen atoms in total. The van der Waals surface area contributed by atoms with Crippen LogP contribution < -0.4 is 16.1 Å². The summed E-state index contributed by atoms with van der Waals surface area (Å²) in [5.41, 5.74) is 3.34. The molecule has 5 aliphatic rings. The van der Waals surface area contributed by atoms with E-state index in [9.17, 15) is 0 Å². The minimum Gasteiger partial charge on any atom is -0.381 e. The van der Waals surface area contributed by atoms with Crippen molar-refractivity contribution in [2.75, 3.05) is 52.6 Å². The molecule has 5 saturated heterocycles. The van der Waals surface area contributed by atoms with Crippen molar-refractivity contribution < 1.29 is 14.3 Å². The van der Waals surface area contributed by atoms with Gasteiger partial charge in [0.15, 0.2) is 0 Å². The Labute approximate surface area is 168 Å². The smallest absolute Gasteiger partial charge is 0.146 e. The molecular formula is C20H37N5O3. The van der Waals surface area contributed by atoms with Crippen molar-refractivity contribution in [2.45, 2.75) is 69.2 Å². The minimum atomic E-state index is 0.104. The average Bonchev–Trinajstić information content (AvgIpc) is 3.45. The Morgan fingerprint density at radius 3 is 2.43 bits per heavy atom. The molecule has 5 heterocycles. The van der Waals surface area contributed by atoms with Crippen molar-refractivity contribution in [3.63, 3.8) is 0 Å². The molecule has 3 N–H and O–H groups in total. The molecule has 160 valence electrons. The summed E-state index contributed by atoms with van der Waals surface area (Å²) in [5.74, 6) is 0.570. The van der Waals surface area contributed by atoms with E-state index in [1.807, 2.05) is 0 Å². The molecule has 8 heteroatoms. The predicted octanol–water partition coefficient (Wildman–Crippen LogP) is 0.0643. The van der Waals surface area contributed by atoms with Crippen LogP contribution in [-0.4, -0.2) is 93.0 Å². The van der Waals surface area contributed by atoms with Crippen LogP contribution in [0.3, 0.4) is 0 Å². The van der Waals surface area contributed by atoms with Crippen LogP contribution >= 0.6 is 0 Å². The third kappa shape index (κ3) is 4.25. The van der Waals surface area contributed by atoms with Gasteiger partial charge in [0.25, 0.3) is 0 Å². The van der Waals surface area contributed by atoms with E-state index in [-0.39, 0.29) is 12.4 Å². The standard InChI is InChI=1S/C20H37N5O3/c1-2-17(25(7-1)16-5-10-26-11-6-16)20-22-19(23-28-20)15-3-4-18(21-14-15)24-8-12-27-13-9-24/h15-23H,1-14H2/t15?,17-,18?,19?,20?/m1/s1. The van der Waals surface area contributed by atoms with Gasteiger partial charge in [0.05, 0.1) is 31.6 Å². The summed E-state index contributed by atoms with van der Waals surface area (Å²) < 4.78 is 11.1. The highest BCUT2D eigenvalue weighted by atomic mass is 16.7. The van der Waals surface area contributed by atoms with Gasteiger partial charge in [-0.15, -0.1) is 0 Å². The quantitative estimate of drug-likeness (QED) is 0.618. The normalized spacial score (nSPS) is 42.2. The Hall–Kier alpha value is -0.320. The second kappa shape index (κ2) is 9.22. The van der Waals surface area contributed by atoms with Gasteiger partial charge in [-0.05, 0) is 45.1 Å². The van der Waals surface area contributed by atoms with Gasteiger partial charge in [0.2, 0.25) is 0 Å². The Balaban J connectivity index is 1.11. The number of hydrogen-bond donors (Lipinski definition) is 3. The summed E-state index contributed by atoms with van der Waals surface area (Å²) in [6, 6.07) is 1.15. The van der Waals surface area contributed by atoms with E-state index in [1.54, 1.807) is 0 Å². The Morgan fingerprint density at radius 1 is 0.821 bits per heavy atom. The first-order chi connectivity index (χ1) is 13.9. The summed E-state index contributed by atoms with van der Waals surface area (Å²) in [7, 11) is 0. The van der Waals surface area contributed by atoms with Crippen LogP contribution in [0.2, 0.25) is 0 Å². The Morgan fingerprint density at radius 2 is 1.64 bits per heavy atom. The fraction of sp³-hybridized carbons (Fsp3) is 1.00. The third-order valence-corrected chi connectivity index (χ3v) is 7.40. The number of nitrogens with zero attached hydrogens (tertiary/aromatic N) is 2. The monoisotopic (exact) mass is 395 g/mol. The molecular weight excluding hydrogens is 358 g/mol. The van der Waals surface area contributed by atoms with E-state index in [0.717, 1.165) is 58.9 Å². The first kappa shape index (κ1) is 19.6. The van der Waals surface area contributed by atoms with Gasteiger partial charge < -0.3 is 14.8 Å². The van der Waals surface area contributed by atoms with Crippen molar-refractivity contribution in [3.05, 3.63) is 0 Å². The summed E-state index contributed by atoms with van der Waals surface area (Å²) in [4.78, 5) is 11.3. The molecule has 0 aromatic rings. The molecule has 5 fully saturated rings. The van der Waals surface area contributed by atoms with Crippen LogP contribution in [0.1, 0.15) is 38.5 Å². The van der Waals surface area contributed by atoms with Crippen molar-refractivity contribution in [1.29, 1.82) is 0 Å². The summed E-state index contributed by atoms with van der Waals surface area (Å²) in [6.07, 6.45) is 8.12. The molecule has 5 atom stereocenters. The maximum Gasteiger partial charge on any atom is 0.146 e. The maximum absolute atomic E-state index is 6.08. The molecule has 5 aliphatic heterocycles. The molecule has 28 heavy (non-hydrogen) atoms. The molecule has 0 aromatic carbocycles. The number of ether oxygens (including phenoxy) is 2. The molecule has 5 rings (SSSR count). The molecule has 0 aromatic heterocycles. The number of piperidine rings is 1. The summed E-state index contributed by atoms with van der Waals surface area (Å²) >= 11 is 0. The zero-order valence-corrected chi connectivity index (χ0v) is 17.0. The van der Waals surface area contributed by atoms with E-state index in [4.69, 9.17) is 14.3 Å². The fourth-order valence-corrected chi connectivity index (χ4v) is 5.77. The van der Waals surface area contributed by atoms with Crippen LogP contribution in [0.15, 0.2) is 0 Å². The molecule has 4 unspecified atom stereocenters. The second-order valence-corrected chi connectivity index (χ2v) is 9.00. The average molecular weight is 396 g/mol. The zero-order valence-electron chi connectivity index (χ0n) is 17.0. The highest BCUT2D eigenvalue weighted by Gasteiger charge is 2.42. The van der Waals surface area contributed by atoms with Crippen LogP contribution in [0.25, 0.3) is 0 Å². The maximum atomic E-state index is 6.08. The van der Waals surface area contributed by atoms with Gasteiger partial charge in [-0.1, -0.05) is 0 Å². The van der Waals surface area contributed by atoms with E-state index in [2.05, 4.69) is 25.9 Å². The summed E-state index contributed by atoms with van der Waals surface area (Å²) in [5, 5.41) is 7.56. The van der Waals surface area contributed by atoms with Gasteiger partial charge in [0, 0.05) is 44.8 Å². The van der Waals surface area contributed by atoms with Gasteiger partial charge in [-0.25, -0.2) is 0 Å². The van der Waals surface area contributed by atoms with Crippen molar-refractivity contribution in [1.82, 2.24) is 25.9 Å². The number of nitrogens with one attached hydrogen (secondary N) is 3. The number of hydrogen-bond acceptors (Lipinski definition) is 8. The van der Waals surface area contributed by atoms with Crippen LogP contribution in [0, 0.1) is 5.92 Å².